The summed E-state index contributed by atoms with van der Waals surface area (Å²) in [4.78, 5) is 8.83. The fourth-order valence-corrected chi connectivity index (χ4v) is 3.39. The molecule has 9 nitrogen and oxygen atoms in total. The third kappa shape index (κ3) is 3.32. The molecule has 2 N–H and O–H groups in total. The topological polar surface area (TPSA) is 91.0 Å². The summed E-state index contributed by atoms with van der Waals surface area (Å²) in [7, 11) is 3.22. The highest BCUT2D eigenvalue weighted by Crippen LogP contribution is 2.30. The molecular formula is C18H23N6O3+. The van der Waals surface area contributed by atoms with Gasteiger partial charge in [-0.25, -0.2) is 0 Å². The van der Waals surface area contributed by atoms with E-state index in [4.69, 9.17) is 14.6 Å². The van der Waals surface area contributed by atoms with Crippen molar-refractivity contribution < 1.29 is 19.3 Å². The third-order valence-corrected chi connectivity index (χ3v) is 4.84. The van der Waals surface area contributed by atoms with Crippen molar-refractivity contribution in [2.75, 3.05) is 32.6 Å². The van der Waals surface area contributed by atoms with E-state index in [2.05, 4.69) is 20.3 Å². The molecule has 0 aliphatic carbocycles. The molecule has 0 amide bonds. The number of fused-ring (bicyclic) bond motifs is 1. The molecule has 27 heavy (non-hydrogen) atoms. The van der Waals surface area contributed by atoms with Crippen LogP contribution in [0, 0.1) is 0 Å². The quantitative estimate of drug-likeness (QED) is 0.784. The van der Waals surface area contributed by atoms with Gasteiger partial charge in [0.1, 0.15) is 17.7 Å². The number of quaternary nitrogens is 1. The molecule has 1 unspecified atom stereocenters. The number of aliphatic hydroxyl groups excluding tert-OH is 1. The van der Waals surface area contributed by atoms with E-state index in [1.807, 2.05) is 18.3 Å². The van der Waals surface area contributed by atoms with Gasteiger partial charge in [0.25, 0.3) is 5.96 Å². The van der Waals surface area contributed by atoms with Crippen molar-refractivity contribution in [2.24, 2.45) is 15.1 Å². The molecule has 3 heterocycles. The monoisotopic (exact) mass is 371 g/mol. The summed E-state index contributed by atoms with van der Waals surface area (Å²) in [5, 5.41) is 20.1. The second-order valence-corrected chi connectivity index (χ2v) is 6.53. The van der Waals surface area contributed by atoms with Crippen molar-refractivity contribution in [3.05, 3.63) is 30.6 Å². The normalized spacial score (nSPS) is 25.0. The maximum absolute atomic E-state index is 9.83. The van der Waals surface area contributed by atoms with Crippen molar-refractivity contribution in [3.63, 3.8) is 0 Å². The Hall–Kier alpha value is -2.75. The molecule has 0 spiro atoms. The van der Waals surface area contributed by atoms with Crippen LogP contribution in [-0.4, -0.2) is 66.2 Å². The lowest BCUT2D eigenvalue weighted by Gasteiger charge is -2.37. The van der Waals surface area contributed by atoms with Crippen molar-refractivity contribution in [2.45, 2.75) is 18.9 Å². The largest absolute Gasteiger partial charge is 0.497 e. The van der Waals surface area contributed by atoms with Gasteiger partial charge in [-0.2, -0.15) is 0 Å². The molecule has 3 aliphatic rings. The van der Waals surface area contributed by atoms with E-state index in [1.165, 1.54) is 0 Å². The zero-order valence-corrected chi connectivity index (χ0v) is 15.4. The highest BCUT2D eigenvalue weighted by atomic mass is 16.5. The zero-order valence-electron chi connectivity index (χ0n) is 15.4. The van der Waals surface area contributed by atoms with Gasteiger partial charge in [0.05, 0.1) is 39.6 Å². The van der Waals surface area contributed by atoms with Gasteiger partial charge in [0.15, 0.2) is 6.20 Å². The van der Waals surface area contributed by atoms with Crippen LogP contribution in [0.15, 0.2) is 45.7 Å². The Morgan fingerprint density at radius 2 is 1.85 bits per heavy atom. The minimum absolute atomic E-state index is 0.139. The minimum Gasteiger partial charge on any atom is -0.497 e. The number of amidine groups is 1. The Labute approximate surface area is 157 Å². The van der Waals surface area contributed by atoms with E-state index in [1.54, 1.807) is 32.7 Å². The number of benzene rings is 1. The Morgan fingerprint density at radius 1 is 1.15 bits per heavy atom. The Balaban J connectivity index is 1.63. The fraction of sp³-hybridized carbons (Fsp3) is 0.389. The number of methoxy groups -OCH3 is 2. The number of piperidine rings is 1. The lowest BCUT2D eigenvalue weighted by Crippen LogP contribution is -2.59. The first-order valence-corrected chi connectivity index (χ1v) is 8.85. The van der Waals surface area contributed by atoms with Crippen LogP contribution in [0.25, 0.3) is 0 Å². The number of guanidine groups is 1. The van der Waals surface area contributed by atoms with Gasteiger partial charge in [-0.1, -0.05) is 0 Å². The summed E-state index contributed by atoms with van der Waals surface area (Å²) in [6.07, 6.45) is 6.51. The Morgan fingerprint density at radius 3 is 2.52 bits per heavy atom. The van der Waals surface area contributed by atoms with E-state index >= 15 is 0 Å². The molecule has 1 saturated heterocycles. The molecular weight excluding hydrogens is 348 g/mol. The van der Waals surface area contributed by atoms with E-state index in [0.717, 1.165) is 18.8 Å². The smallest absolute Gasteiger partial charge is 0.301 e. The summed E-state index contributed by atoms with van der Waals surface area (Å²) in [6, 6.07) is 5.52. The molecule has 1 aromatic rings. The standard InChI is InChI=1S/C18H23N6O3/c1-26-15-9-13(10-16(11-15)27-2)20-18-21-17-12-19-5-8-24(17,22-18)23-6-3-14(25)4-7-23/h5,8-12,14,25H,3-4,6-7H2,1-2H3,(H,20,22)/q+1. The van der Waals surface area contributed by atoms with Crippen LogP contribution < -0.4 is 14.8 Å². The average molecular weight is 371 g/mol. The van der Waals surface area contributed by atoms with Crippen molar-refractivity contribution >= 4 is 23.7 Å². The number of nitrogens with one attached hydrogen (secondary N) is 1. The third-order valence-electron chi connectivity index (χ3n) is 4.84. The van der Waals surface area contributed by atoms with Crippen LogP contribution in [0.4, 0.5) is 5.69 Å². The fourth-order valence-electron chi connectivity index (χ4n) is 3.39. The lowest BCUT2D eigenvalue weighted by atomic mass is 10.1. The Bertz CT molecular complexity index is 819. The van der Waals surface area contributed by atoms with Gasteiger partial charge in [-0.05, 0) is 22.6 Å². The number of rotatable bonds is 4. The van der Waals surface area contributed by atoms with Crippen LogP contribution in [0.2, 0.25) is 0 Å². The maximum Gasteiger partial charge on any atom is 0.301 e. The van der Waals surface area contributed by atoms with Crippen molar-refractivity contribution in [1.29, 1.82) is 0 Å². The highest BCUT2D eigenvalue weighted by Gasteiger charge is 2.47. The predicted octanol–water partition coefficient (Wildman–Crippen LogP) is 1.54. The Kier molecular flexibility index (Phi) is 4.65. The summed E-state index contributed by atoms with van der Waals surface area (Å²) in [5.41, 5.74) is 0.766. The molecule has 1 atom stereocenters. The predicted molar refractivity (Wildman–Crippen MR) is 103 cm³/mol. The molecule has 1 aromatic carbocycles. The van der Waals surface area contributed by atoms with Crippen molar-refractivity contribution in [1.82, 2.24) is 5.01 Å². The molecule has 0 saturated carbocycles. The number of nitrogens with zero attached hydrogens (tertiary/aromatic N) is 5. The first-order chi connectivity index (χ1) is 13.1. The van der Waals surface area contributed by atoms with E-state index in [9.17, 15) is 5.11 Å². The summed E-state index contributed by atoms with van der Waals surface area (Å²) >= 11 is 0. The molecule has 0 aromatic heterocycles. The second kappa shape index (κ2) is 7.10. The number of anilines is 1. The minimum atomic E-state index is -0.254. The first-order valence-electron chi connectivity index (χ1n) is 8.85. The molecule has 1 fully saturated rings. The molecule has 0 radical (unpaired) electrons. The van der Waals surface area contributed by atoms with Gasteiger partial charge < -0.3 is 19.9 Å². The molecule has 0 bridgehead atoms. The number of hydrogen-bond acceptors (Lipinski definition) is 8. The van der Waals surface area contributed by atoms with Crippen LogP contribution in [0.1, 0.15) is 12.8 Å². The number of aliphatic hydroxyl groups is 1. The highest BCUT2D eigenvalue weighted by molar-refractivity contribution is 6.30. The van der Waals surface area contributed by atoms with Crippen LogP contribution in [0.5, 0.6) is 11.5 Å². The molecule has 9 heteroatoms. The number of hydrogen-bond donors (Lipinski definition) is 2. The molecule has 4 rings (SSSR count). The molecule has 3 aliphatic heterocycles. The lowest BCUT2D eigenvalue weighted by molar-refractivity contribution is -0.918. The maximum atomic E-state index is 9.83. The van der Waals surface area contributed by atoms with Gasteiger partial charge in [-0.15, -0.1) is 10.0 Å². The average Bonchev–Trinajstić information content (AvgIpc) is 3.07. The van der Waals surface area contributed by atoms with Crippen molar-refractivity contribution in [3.8, 4) is 11.5 Å². The summed E-state index contributed by atoms with van der Waals surface area (Å²) in [5.74, 6) is 2.54. The van der Waals surface area contributed by atoms with Crippen LogP contribution in [0.3, 0.4) is 0 Å². The van der Waals surface area contributed by atoms with Crippen LogP contribution in [-0.2, 0) is 0 Å². The summed E-state index contributed by atoms with van der Waals surface area (Å²) < 4.78 is 10.8. The van der Waals surface area contributed by atoms with Gasteiger partial charge in [0, 0.05) is 23.9 Å². The SMILES string of the molecule is COc1cc(NC2=N[N+]3(N4CCC(O)CC4)C=CN=CC3=N2)cc(OC)c1. The molecule has 142 valence electrons. The van der Waals surface area contributed by atoms with E-state index in [-0.39, 0.29) is 10.8 Å². The van der Waals surface area contributed by atoms with Crippen LogP contribution >= 0.6 is 0 Å². The van der Waals surface area contributed by atoms with Gasteiger partial charge >= 0.3 is 5.84 Å². The first kappa shape index (κ1) is 17.7. The number of aliphatic imine (C=N–C) groups is 2. The van der Waals surface area contributed by atoms with Gasteiger partial charge in [0.2, 0.25) is 0 Å². The van der Waals surface area contributed by atoms with E-state index in [0.29, 0.717) is 36.1 Å². The zero-order chi connectivity index (χ0) is 18.9. The second-order valence-electron chi connectivity index (χ2n) is 6.53. The van der Waals surface area contributed by atoms with Gasteiger partial charge in [-0.3, -0.25) is 4.99 Å². The summed E-state index contributed by atoms with van der Waals surface area (Å²) in [6.45, 7) is 1.45. The van der Waals surface area contributed by atoms with E-state index < -0.39 is 0 Å². The number of ether oxygens (including phenoxy) is 2.